The van der Waals surface area contributed by atoms with Gasteiger partial charge in [0.25, 0.3) is 0 Å². The van der Waals surface area contributed by atoms with E-state index in [1.807, 2.05) is 13.8 Å². The summed E-state index contributed by atoms with van der Waals surface area (Å²) in [6.07, 6.45) is 1.10. The van der Waals surface area contributed by atoms with Gasteiger partial charge in [-0.2, -0.15) is 15.0 Å². The van der Waals surface area contributed by atoms with E-state index in [-0.39, 0.29) is 12.1 Å². The molecule has 7 nitrogen and oxygen atoms in total. The Morgan fingerprint density at radius 2 is 1.89 bits per heavy atom. The number of hydrogen-bond donors (Lipinski definition) is 1. The zero-order valence-electron chi connectivity index (χ0n) is 11.8. The van der Waals surface area contributed by atoms with E-state index < -0.39 is 0 Å². The summed E-state index contributed by atoms with van der Waals surface area (Å²) in [5.74, 6) is 0.816. The molecular weight excluding hydrogens is 244 g/mol. The maximum absolute atomic E-state index is 5.73. The largest absolute Gasteiger partial charge is 0.461 e. The van der Waals surface area contributed by atoms with E-state index in [9.17, 15) is 0 Å². The average Bonchev–Trinajstić information content (AvgIpc) is 2.52. The Morgan fingerprint density at radius 1 is 1.11 bits per heavy atom. The smallest absolute Gasteiger partial charge is 0.323 e. The molecule has 0 atom stereocenters. The van der Waals surface area contributed by atoms with Gasteiger partial charge in [0.05, 0.1) is 6.10 Å². The molecule has 0 radical (unpaired) electrons. The molecule has 1 fully saturated rings. The lowest BCUT2D eigenvalue weighted by molar-refractivity contribution is 0.222. The average molecular weight is 266 g/mol. The lowest BCUT2D eigenvalue weighted by Crippen LogP contribution is -2.30. The quantitative estimate of drug-likeness (QED) is 0.847. The molecule has 7 heteroatoms. The fourth-order valence-electron chi connectivity index (χ4n) is 2.01. The van der Waals surface area contributed by atoms with E-state index in [0.29, 0.717) is 12.0 Å². The van der Waals surface area contributed by atoms with Crippen LogP contribution in [0.1, 0.15) is 20.3 Å². The molecular formula is C12H22N6O. The fourth-order valence-corrected chi connectivity index (χ4v) is 2.01. The van der Waals surface area contributed by atoms with E-state index in [4.69, 9.17) is 10.5 Å². The highest BCUT2D eigenvalue weighted by Gasteiger charge is 2.17. The first kappa shape index (κ1) is 13.8. The summed E-state index contributed by atoms with van der Waals surface area (Å²) in [6, 6.07) is 0.301. The summed E-state index contributed by atoms with van der Waals surface area (Å²) in [5, 5.41) is 0. The summed E-state index contributed by atoms with van der Waals surface area (Å²) in [7, 11) is 2.12. The van der Waals surface area contributed by atoms with Crippen molar-refractivity contribution < 1.29 is 4.74 Å². The van der Waals surface area contributed by atoms with Crippen molar-refractivity contribution in [1.82, 2.24) is 19.9 Å². The maximum Gasteiger partial charge on any atom is 0.323 e. The van der Waals surface area contributed by atoms with Crippen LogP contribution in [-0.2, 0) is 0 Å². The van der Waals surface area contributed by atoms with Gasteiger partial charge in [-0.25, -0.2) is 0 Å². The third-order valence-electron chi connectivity index (χ3n) is 2.96. The summed E-state index contributed by atoms with van der Waals surface area (Å²) in [4.78, 5) is 17.0. The van der Waals surface area contributed by atoms with Gasteiger partial charge in [-0.3, -0.25) is 0 Å². The molecule has 0 unspecified atom stereocenters. The van der Waals surface area contributed by atoms with Crippen LogP contribution < -0.4 is 15.4 Å². The molecule has 1 aliphatic rings. The van der Waals surface area contributed by atoms with Crippen molar-refractivity contribution in [2.75, 3.05) is 43.9 Å². The first-order valence-corrected chi connectivity index (χ1v) is 6.66. The highest BCUT2D eigenvalue weighted by Crippen LogP contribution is 2.16. The van der Waals surface area contributed by atoms with E-state index in [0.717, 1.165) is 32.6 Å². The molecule has 0 saturated carbocycles. The first-order chi connectivity index (χ1) is 9.04. The van der Waals surface area contributed by atoms with Gasteiger partial charge in [-0.1, -0.05) is 0 Å². The molecule has 19 heavy (non-hydrogen) atoms. The van der Waals surface area contributed by atoms with Crippen LogP contribution in [0.2, 0.25) is 0 Å². The minimum absolute atomic E-state index is 0.0184. The molecule has 0 aliphatic carbocycles. The van der Waals surface area contributed by atoms with Crippen LogP contribution in [0.4, 0.5) is 11.9 Å². The van der Waals surface area contributed by atoms with E-state index in [2.05, 4.69) is 31.8 Å². The molecule has 1 aromatic rings. The minimum atomic E-state index is 0.0184. The summed E-state index contributed by atoms with van der Waals surface area (Å²) >= 11 is 0. The van der Waals surface area contributed by atoms with Gasteiger partial charge >= 0.3 is 6.01 Å². The van der Waals surface area contributed by atoms with E-state index in [1.165, 1.54) is 0 Å². The predicted octanol–water partition coefficient (Wildman–Crippen LogP) is 0.383. The number of aromatic nitrogens is 3. The zero-order chi connectivity index (χ0) is 13.8. The highest BCUT2D eigenvalue weighted by molar-refractivity contribution is 5.36. The number of anilines is 2. The summed E-state index contributed by atoms with van der Waals surface area (Å²) in [5.41, 5.74) is 5.73. The Labute approximate surface area is 113 Å². The standard InChI is InChI=1S/C12H22N6O/c1-9(2)19-12-15-10(13)14-11(16-12)18-6-4-5-17(3)7-8-18/h9H,4-8H2,1-3H3,(H2,13,14,15,16). The minimum Gasteiger partial charge on any atom is -0.461 e. The molecule has 2 N–H and O–H groups in total. The van der Waals surface area contributed by atoms with Gasteiger partial charge in [0.15, 0.2) is 0 Å². The van der Waals surface area contributed by atoms with E-state index in [1.54, 1.807) is 0 Å². The topological polar surface area (TPSA) is 80.4 Å². The molecule has 1 aromatic heterocycles. The Hall–Kier alpha value is -1.63. The first-order valence-electron chi connectivity index (χ1n) is 6.66. The second kappa shape index (κ2) is 6.01. The number of nitrogens with two attached hydrogens (primary N) is 1. The number of nitrogen functional groups attached to an aromatic ring is 1. The Morgan fingerprint density at radius 3 is 2.63 bits per heavy atom. The second-order valence-electron chi connectivity index (χ2n) is 5.09. The van der Waals surface area contributed by atoms with Gasteiger partial charge < -0.3 is 20.3 Å². The number of hydrogen-bond acceptors (Lipinski definition) is 7. The van der Waals surface area contributed by atoms with Crippen LogP contribution in [0, 0.1) is 0 Å². The van der Waals surface area contributed by atoms with Crippen LogP contribution in [0.3, 0.4) is 0 Å². The van der Waals surface area contributed by atoms with Crippen molar-refractivity contribution in [3.8, 4) is 6.01 Å². The predicted molar refractivity (Wildman–Crippen MR) is 74.3 cm³/mol. The van der Waals surface area contributed by atoms with E-state index >= 15 is 0 Å². The van der Waals surface area contributed by atoms with Gasteiger partial charge in [0, 0.05) is 19.6 Å². The molecule has 2 rings (SSSR count). The van der Waals surface area contributed by atoms with Crippen LogP contribution in [0.25, 0.3) is 0 Å². The molecule has 0 bridgehead atoms. The molecule has 0 spiro atoms. The van der Waals surface area contributed by atoms with Crippen LogP contribution in [0.5, 0.6) is 6.01 Å². The SMILES string of the molecule is CC(C)Oc1nc(N)nc(N2CCCN(C)CC2)n1. The number of nitrogens with zero attached hydrogens (tertiary/aromatic N) is 5. The van der Waals surface area contributed by atoms with Crippen molar-refractivity contribution in [2.45, 2.75) is 26.4 Å². The van der Waals surface area contributed by atoms with Crippen LogP contribution in [0.15, 0.2) is 0 Å². The fraction of sp³-hybridized carbons (Fsp3) is 0.750. The van der Waals surface area contributed by atoms with Crippen LogP contribution >= 0.6 is 0 Å². The van der Waals surface area contributed by atoms with Crippen molar-refractivity contribution in [1.29, 1.82) is 0 Å². The van der Waals surface area contributed by atoms with Gasteiger partial charge in [0.2, 0.25) is 11.9 Å². The lowest BCUT2D eigenvalue weighted by atomic mass is 10.4. The summed E-state index contributed by atoms with van der Waals surface area (Å²) < 4.78 is 5.50. The van der Waals surface area contributed by atoms with Crippen molar-refractivity contribution in [2.24, 2.45) is 0 Å². The zero-order valence-corrected chi connectivity index (χ0v) is 11.8. The van der Waals surface area contributed by atoms with Gasteiger partial charge in [-0.15, -0.1) is 0 Å². The monoisotopic (exact) mass is 266 g/mol. The van der Waals surface area contributed by atoms with Gasteiger partial charge in [-0.05, 0) is 33.9 Å². The number of likely N-dealkylation sites (N-methyl/N-ethyl adjacent to an activating group) is 1. The maximum atomic E-state index is 5.73. The third-order valence-corrected chi connectivity index (χ3v) is 2.96. The molecule has 2 heterocycles. The summed E-state index contributed by atoms with van der Waals surface area (Å²) in [6.45, 7) is 7.76. The lowest BCUT2D eigenvalue weighted by Gasteiger charge is -2.21. The van der Waals surface area contributed by atoms with Crippen LogP contribution in [-0.4, -0.2) is 59.2 Å². The third kappa shape index (κ3) is 3.92. The Balaban J connectivity index is 2.16. The molecule has 0 aromatic carbocycles. The second-order valence-corrected chi connectivity index (χ2v) is 5.09. The molecule has 0 amide bonds. The highest BCUT2D eigenvalue weighted by atomic mass is 16.5. The molecule has 1 aliphatic heterocycles. The molecule has 106 valence electrons. The van der Waals surface area contributed by atoms with Crippen molar-refractivity contribution in [3.63, 3.8) is 0 Å². The normalized spacial score (nSPS) is 17.6. The van der Waals surface area contributed by atoms with Gasteiger partial charge in [0.1, 0.15) is 0 Å². The Bertz CT molecular complexity index is 425. The van der Waals surface area contributed by atoms with Crippen molar-refractivity contribution in [3.05, 3.63) is 0 Å². The number of rotatable bonds is 3. The number of ether oxygens (including phenoxy) is 1. The molecule has 1 saturated heterocycles. The Kier molecular flexibility index (Phi) is 4.36. The van der Waals surface area contributed by atoms with Crippen molar-refractivity contribution >= 4 is 11.9 Å².